The lowest BCUT2D eigenvalue weighted by Crippen LogP contribution is -2.32. The Morgan fingerprint density at radius 2 is 2.24 bits per heavy atom. The number of hydrogen-bond acceptors (Lipinski definition) is 4. The van der Waals surface area contributed by atoms with Crippen LogP contribution in [0, 0.1) is 5.92 Å². The van der Waals surface area contributed by atoms with E-state index in [4.69, 9.17) is 0 Å². The SMILES string of the molecule is O=C(C=Cc1cccnc1)NCc1nnc2n1CCC(C(F)(F)F)C2. The lowest BCUT2D eigenvalue weighted by atomic mass is 9.97. The summed E-state index contributed by atoms with van der Waals surface area (Å²) in [6.45, 7) is 0.309. The zero-order valence-corrected chi connectivity index (χ0v) is 13.2. The molecule has 3 heterocycles. The van der Waals surface area contributed by atoms with Gasteiger partial charge in [0.05, 0.1) is 12.5 Å². The van der Waals surface area contributed by atoms with Crippen LogP contribution in [0.15, 0.2) is 30.6 Å². The lowest BCUT2D eigenvalue weighted by molar-refractivity contribution is -0.179. The number of fused-ring (bicyclic) bond motifs is 1. The summed E-state index contributed by atoms with van der Waals surface area (Å²) in [7, 11) is 0. The summed E-state index contributed by atoms with van der Waals surface area (Å²) in [6.07, 6.45) is 1.84. The number of rotatable bonds is 4. The average molecular weight is 351 g/mol. The molecule has 1 unspecified atom stereocenters. The standard InChI is InChI=1S/C16H16F3N5O/c17-16(18,19)12-5-7-24-13(8-12)22-23-14(24)10-21-15(25)4-3-11-2-1-6-20-9-11/h1-4,6,9,12H,5,7-8,10H2,(H,21,25). The molecule has 9 heteroatoms. The lowest BCUT2D eigenvalue weighted by Gasteiger charge is -2.25. The van der Waals surface area contributed by atoms with Crippen molar-refractivity contribution in [1.82, 2.24) is 25.1 Å². The van der Waals surface area contributed by atoms with Crippen molar-refractivity contribution in [2.45, 2.75) is 32.1 Å². The number of pyridine rings is 1. The van der Waals surface area contributed by atoms with Gasteiger partial charge in [-0.05, 0) is 24.1 Å². The molecule has 0 bridgehead atoms. The molecule has 3 rings (SSSR count). The van der Waals surface area contributed by atoms with Crippen molar-refractivity contribution in [2.24, 2.45) is 5.92 Å². The zero-order valence-electron chi connectivity index (χ0n) is 13.2. The van der Waals surface area contributed by atoms with Gasteiger partial charge in [0.25, 0.3) is 0 Å². The summed E-state index contributed by atoms with van der Waals surface area (Å²) < 4.78 is 40.0. The molecular formula is C16H16F3N5O. The number of alkyl halides is 3. The summed E-state index contributed by atoms with van der Waals surface area (Å²) in [5.74, 6) is -0.943. The summed E-state index contributed by atoms with van der Waals surface area (Å²) >= 11 is 0. The molecule has 2 aromatic rings. The van der Waals surface area contributed by atoms with E-state index in [-0.39, 0.29) is 31.8 Å². The van der Waals surface area contributed by atoms with Crippen LogP contribution < -0.4 is 5.32 Å². The van der Waals surface area contributed by atoms with Crippen molar-refractivity contribution < 1.29 is 18.0 Å². The number of nitrogens with one attached hydrogen (secondary N) is 1. The number of halogens is 3. The maximum atomic E-state index is 12.8. The van der Waals surface area contributed by atoms with E-state index in [1.54, 1.807) is 29.1 Å². The van der Waals surface area contributed by atoms with Crippen molar-refractivity contribution in [3.8, 4) is 0 Å². The first kappa shape index (κ1) is 17.1. The topological polar surface area (TPSA) is 72.7 Å². The number of hydrogen-bond donors (Lipinski definition) is 1. The molecule has 0 saturated carbocycles. The van der Waals surface area contributed by atoms with Gasteiger partial charge in [0.2, 0.25) is 5.91 Å². The first-order valence-corrected chi connectivity index (χ1v) is 7.77. The summed E-state index contributed by atoms with van der Waals surface area (Å²) in [6, 6.07) is 3.57. The largest absolute Gasteiger partial charge is 0.392 e. The number of carbonyl (C=O) groups is 1. The van der Waals surface area contributed by atoms with Crippen LogP contribution in [0.4, 0.5) is 13.2 Å². The average Bonchev–Trinajstić information content (AvgIpc) is 3.00. The van der Waals surface area contributed by atoms with E-state index in [2.05, 4.69) is 20.5 Å². The van der Waals surface area contributed by atoms with Crippen molar-refractivity contribution in [1.29, 1.82) is 0 Å². The van der Waals surface area contributed by atoms with Crippen LogP contribution in [0.1, 0.15) is 23.6 Å². The van der Waals surface area contributed by atoms with Gasteiger partial charge in [0.1, 0.15) is 5.82 Å². The first-order chi connectivity index (χ1) is 11.9. The summed E-state index contributed by atoms with van der Waals surface area (Å²) in [5, 5.41) is 10.4. The second kappa shape index (κ2) is 7.04. The van der Waals surface area contributed by atoms with Gasteiger partial charge in [0, 0.05) is 31.4 Å². The van der Waals surface area contributed by atoms with Crippen LogP contribution in [0.25, 0.3) is 6.08 Å². The molecule has 0 fully saturated rings. The Kier molecular flexibility index (Phi) is 4.82. The molecule has 25 heavy (non-hydrogen) atoms. The van der Waals surface area contributed by atoms with Crippen LogP contribution in [-0.4, -0.2) is 31.8 Å². The minimum absolute atomic E-state index is 0.00358. The fraction of sp³-hybridized carbons (Fsp3) is 0.375. The molecule has 2 aromatic heterocycles. The van der Waals surface area contributed by atoms with Crippen LogP contribution in [0.3, 0.4) is 0 Å². The molecule has 0 aromatic carbocycles. The van der Waals surface area contributed by atoms with Gasteiger partial charge in [-0.15, -0.1) is 10.2 Å². The Hall–Kier alpha value is -2.71. The third-order valence-electron chi connectivity index (χ3n) is 4.03. The monoisotopic (exact) mass is 351 g/mol. The molecule has 1 N–H and O–H groups in total. The molecular weight excluding hydrogens is 335 g/mol. The van der Waals surface area contributed by atoms with E-state index in [1.165, 1.54) is 6.08 Å². The molecule has 1 aliphatic heterocycles. The van der Waals surface area contributed by atoms with Crippen LogP contribution in [-0.2, 0) is 24.3 Å². The smallest absolute Gasteiger partial charge is 0.345 e. The highest BCUT2D eigenvalue weighted by molar-refractivity contribution is 5.91. The number of carbonyl (C=O) groups excluding carboxylic acids is 1. The highest BCUT2D eigenvalue weighted by Crippen LogP contribution is 2.34. The van der Waals surface area contributed by atoms with Crippen molar-refractivity contribution in [3.05, 3.63) is 47.8 Å². The van der Waals surface area contributed by atoms with E-state index in [9.17, 15) is 18.0 Å². The van der Waals surface area contributed by atoms with Crippen LogP contribution in [0.2, 0.25) is 0 Å². The van der Waals surface area contributed by atoms with E-state index >= 15 is 0 Å². The van der Waals surface area contributed by atoms with Crippen molar-refractivity contribution >= 4 is 12.0 Å². The van der Waals surface area contributed by atoms with E-state index in [1.807, 2.05) is 6.07 Å². The van der Waals surface area contributed by atoms with E-state index in [0.717, 1.165) is 5.56 Å². The van der Waals surface area contributed by atoms with E-state index in [0.29, 0.717) is 11.6 Å². The molecule has 1 aliphatic rings. The van der Waals surface area contributed by atoms with Gasteiger partial charge in [-0.25, -0.2) is 0 Å². The Morgan fingerprint density at radius 3 is 2.96 bits per heavy atom. The fourth-order valence-electron chi connectivity index (χ4n) is 2.67. The highest BCUT2D eigenvalue weighted by atomic mass is 19.4. The number of amides is 1. The van der Waals surface area contributed by atoms with Gasteiger partial charge in [-0.1, -0.05) is 6.07 Å². The molecule has 132 valence electrons. The Morgan fingerprint density at radius 1 is 1.40 bits per heavy atom. The maximum absolute atomic E-state index is 12.8. The predicted octanol–water partition coefficient (Wildman–Crippen LogP) is 2.13. The zero-order chi connectivity index (χ0) is 17.9. The van der Waals surface area contributed by atoms with E-state index < -0.39 is 12.1 Å². The normalized spacial score (nSPS) is 17.5. The molecule has 0 saturated heterocycles. The second-order valence-electron chi connectivity index (χ2n) is 5.75. The van der Waals surface area contributed by atoms with Crippen molar-refractivity contribution in [3.63, 3.8) is 0 Å². The third-order valence-corrected chi connectivity index (χ3v) is 4.03. The molecule has 6 nitrogen and oxygen atoms in total. The third kappa shape index (κ3) is 4.23. The van der Waals surface area contributed by atoms with Crippen LogP contribution >= 0.6 is 0 Å². The molecule has 1 atom stereocenters. The minimum atomic E-state index is -4.22. The Balaban J connectivity index is 1.57. The molecule has 0 spiro atoms. The number of nitrogens with zero attached hydrogens (tertiary/aromatic N) is 4. The van der Waals surface area contributed by atoms with Gasteiger partial charge < -0.3 is 9.88 Å². The molecule has 0 aliphatic carbocycles. The van der Waals surface area contributed by atoms with Gasteiger partial charge in [-0.2, -0.15) is 13.2 Å². The van der Waals surface area contributed by atoms with Crippen LogP contribution in [0.5, 0.6) is 0 Å². The predicted molar refractivity (Wildman–Crippen MR) is 83.0 cm³/mol. The molecule has 0 radical (unpaired) electrons. The Labute approximate surface area is 141 Å². The first-order valence-electron chi connectivity index (χ1n) is 7.77. The number of aromatic nitrogens is 4. The quantitative estimate of drug-likeness (QED) is 0.857. The minimum Gasteiger partial charge on any atom is -0.345 e. The van der Waals surface area contributed by atoms with Gasteiger partial charge >= 0.3 is 6.18 Å². The van der Waals surface area contributed by atoms with Crippen molar-refractivity contribution in [2.75, 3.05) is 0 Å². The fourth-order valence-corrected chi connectivity index (χ4v) is 2.67. The molecule has 1 amide bonds. The van der Waals surface area contributed by atoms with Gasteiger partial charge in [-0.3, -0.25) is 9.78 Å². The van der Waals surface area contributed by atoms with Gasteiger partial charge in [0.15, 0.2) is 5.82 Å². The second-order valence-corrected chi connectivity index (χ2v) is 5.75. The summed E-state index contributed by atoms with van der Waals surface area (Å²) in [5.41, 5.74) is 0.788. The summed E-state index contributed by atoms with van der Waals surface area (Å²) in [4.78, 5) is 15.8. The Bertz CT molecular complexity index is 770. The highest BCUT2D eigenvalue weighted by Gasteiger charge is 2.42. The maximum Gasteiger partial charge on any atom is 0.392 e.